The number of amides is 1. The van der Waals surface area contributed by atoms with Gasteiger partial charge in [-0.05, 0) is 24.3 Å². The van der Waals surface area contributed by atoms with Crippen molar-refractivity contribution in [1.82, 2.24) is 15.3 Å². The predicted molar refractivity (Wildman–Crippen MR) is 80.6 cm³/mol. The van der Waals surface area contributed by atoms with Gasteiger partial charge in [-0.1, -0.05) is 25.6 Å². The van der Waals surface area contributed by atoms with Gasteiger partial charge < -0.3 is 5.32 Å². The van der Waals surface area contributed by atoms with E-state index in [1.807, 2.05) is 18.4 Å². The first kappa shape index (κ1) is 14.3. The Labute approximate surface area is 121 Å². The summed E-state index contributed by atoms with van der Waals surface area (Å²) < 4.78 is 0. The van der Waals surface area contributed by atoms with E-state index in [-0.39, 0.29) is 11.9 Å². The van der Waals surface area contributed by atoms with E-state index in [1.54, 1.807) is 17.7 Å². The molecular formula is C13H17N3OS2. The second-order valence-corrected chi connectivity index (χ2v) is 6.57. The quantitative estimate of drug-likeness (QED) is 0.680. The number of carbonyl (C=O) groups is 1. The molecule has 4 nitrogen and oxygen atoms in total. The molecule has 0 aliphatic carbocycles. The summed E-state index contributed by atoms with van der Waals surface area (Å²) in [5, 5.41) is 6.88. The zero-order valence-electron chi connectivity index (χ0n) is 11.2. The van der Waals surface area contributed by atoms with Crippen LogP contribution < -0.4 is 5.32 Å². The van der Waals surface area contributed by atoms with Crippen LogP contribution in [0.1, 0.15) is 20.8 Å². The Kier molecular flexibility index (Phi) is 4.76. The summed E-state index contributed by atoms with van der Waals surface area (Å²) >= 11 is 3.05. The molecular weight excluding hydrogens is 278 g/mol. The van der Waals surface area contributed by atoms with Gasteiger partial charge in [0.2, 0.25) is 5.91 Å². The molecule has 2 rings (SSSR count). The number of hydrogen-bond donors (Lipinski definition) is 1. The number of nitrogens with zero attached hydrogens (tertiary/aromatic N) is 2. The SMILES string of the molecule is CC(C)[C@@H](C)NC(=O)CSc1ncnc2sccc12. The lowest BCUT2D eigenvalue weighted by molar-refractivity contribution is -0.119. The minimum atomic E-state index is 0.0493. The van der Waals surface area contributed by atoms with E-state index < -0.39 is 0 Å². The zero-order chi connectivity index (χ0) is 13.8. The first-order valence-corrected chi connectivity index (χ1v) is 8.05. The third kappa shape index (κ3) is 3.67. The molecule has 2 heterocycles. The fraction of sp³-hybridized carbons (Fsp3) is 0.462. The highest BCUT2D eigenvalue weighted by molar-refractivity contribution is 8.00. The van der Waals surface area contributed by atoms with Gasteiger partial charge in [-0.2, -0.15) is 0 Å². The summed E-state index contributed by atoms with van der Waals surface area (Å²) in [5.74, 6) is 0.878. The summed E-state index contributed by atoms with van der Waals surface area (Å²) in [5.41, 5.74) is 0. The number of thiophene rings is 1. The maximum atomic E-state index is 11.8. The van der Waals surface area contributed by atoms with Gasteiger partial charge in [0.25, 0.3) is 0 Å². The molecule has 2 aromatic heterocycles. The highest BCUT2D eigenvalue weighted by Crippen LogP contribution is 2.27. The molecule has 1 amide bonds. The van der Waals surface area contributed by atoms with Crippen molar-refractivity contribution in [1.29, 1.82) is 0 Å². The molecule has 0 bridgehead atoms. The minimum Gasteiger partial charge on any atom is -0.353 e. The summed E-state index contributed by atoms with van der Waals surface area (Å²) in [6, 6.07) is 2.19. The molecule has 0 aliphatic heterocycles. The fourth-order valence-electron chi connectivity index (χ4n) is 1.48. The Bertz CT molecular complexity index is 568. The third-order valence-electron chi connectivity index (χ3n) is 2.95. The molecule has 19 heavy (non-hydrogen) atoms. The van der Waals surface area contributed by atoms with Crippen LogP contribution in [-0.4, -0.2) is 27.7 Å². The zero-order valence-corrected chi connectivity index (χ0v) is 12.8. The Morgan fingerprint density at radius 1 is 1.42 bits per heavy atom. The molecule has 0 saturated carbocycles. The lowest BCUT2D eigenvalue weighted by Crippen LogP contribution is -2.37. The summed E-state index contributed by atoms with van der Waals surface area (Å²) in [6.45, 7) is 6.21. The highest BCUT2D eigenvalue weighted by atomic mass is 32.2. The van der Waals surface area contributed by atoms with Crippen LogP contribution in [0, 0.1) is 5.92 Å². The first-order valence-electron chi connectivity index (χ1n) is 6.18. The highest BCUT2D eigenvalue weighted by Gasteiger charge is 2.12. The number of thioether (sulfide) groups is 1. The summed E-state index contributed by atoms with van der Waals surface area (Å²) in [7, 11) is 0. The molecule has 0 saturated heterocycles. The Hall–Kier alpha value is -1.14. The van der Waals surface area contributed by atoms with Crippen LogP contribution in [-0.2, 0) is 4.79 Å². The van der Waals surface area contributed by atoms with Crippen LogP contribution in [0.4, 0.5) is 0 Å². The number of fused-ring (bicyclic) bond motifs is 1. The average molecular weight is 295 g/mol. The average Bonchev–Trinajstić information content (AvgIpc) is 2.84. The van der Waals surface area contributed by atoms with Gasteiger partial charge in [-0.3, -0.25) is 4.79 Å². The smallest absolute Gasteiger partial charge is 0.230 e. The number of hydrogen-bond acceptors (Lipinski definition) is 5. The molecule has 6 heteroatoms. The maximum Gasteiger partial charge on any atom is 0.230 e. The monoisotopic (exact) mass is 295 g/mol. The lowest BCUT2D eigenvalue weighted by Gasteiger charge is -2.17. The molecule has 0 aliphatic rings. The predicted octanol–water partition coefficient (Wildman–Crippen LogP) is 2.94. The topological polar surface area (TPSA) is 54.9 Å². The van der Waals surface area contributed by atoms with E-state index in [2.05, 4.69) is 29.1 Å². The second-order valence-electron chi connectivity index (χ2n) is 4.71. The van der Waals surface area contributed by atoms with E-state index in [9.17, 15) is 4.79 Å². The van der Waals surface area contributed by atoms with E-state index >= 15 is 0 Å². The van der Waals surface area contributed by atoms with Crippen molar-refractivity contribution in [2.75, 3.05) is 5.75 Å². The maximum absolute atomic E-state index is 11.8. The molecule has 1 N–H and O–H groups in total. The second kappa shape index (κ2) is 6.34. The molecule has 0 spiro atoms. The van der Waals surface area contributed by atoms with Crippen LogP contribution in [0.2, 0.25) is 0 Å². The van der Waals surface area contributed by atoms with Crippen molar-refractivity contribution in [3.8, 4) is 0 Å². The Morgan fingerprint density at radius 2 is 2.21 bits per heavy atom. The Morgan fingerprint density at radius 3 is 2.95 bits per heavy atom. The minimum absolute atomic E-state index is 0.0493. The van der Waals surface area contributed by atoms with Gasteiger partial charge in [0, 0.05) is 11.4 Å². The van der Waals surface area contributed by atoms with Crippen LogP contribution in [0.25, 0.3) is 10.2 Å². The largest absolute Gasteiger partial charge is 0.353 e. The van der Waals surface area contributed by atoms with Crippen LogP contribution >= 0.6 is 23.1 Å². The van der Waals surface area contributed by atoms with E-state index in [1.165, 1.54) is 11.8 Å². The molecule has 0 aromatic carbocycles. The number of nitrogens with one attached hydrogen (secondary N) is 1. The Balaban J connectivity index is 1.95. The van der Waals surface area contributed by atoms with Crippen LogP contribution in [0.5, 0.6) is 0 Å². The van der Waals surface area contributed by atoms with Crippen molar-refractivity contribution in [2.45, 2.75) is 31.8 Å². The van der Waals surface area contributed by atoms with Gasteiger partial charge in [0.05, 0.1) is 5.75 Å². The number of carbonyl (C=O) groups excluding carboxylic acids is 1. The van der Waals surface area contributed by atoms with Gasteiger partial charge in [-0.25, -0.2) is 9.97 Å². The molecule has 0 fully saturated rings. The summed E-state index contributed by atoms with van der Waals surface area (Å²) in [4.78, 5) is 21.2. The van der Waals surface area contributed by atoms with E-state index in [0.29, 0.717) is 11.7 Å². The third-order valence-corrected chi connectivity index (χ3v) is 4.78. The number of rotatable bonds is 5. The standard InChI is InChI=1S/C13H17N3OS2/c1-8(2)9(3)16-11(17)6-19-13-10-4-5-18-12(10)14-7-15-13/h4-5,7-9H,6H2,1-3H3,(H,16,17)/t9-/m1/s1. The van der Waals surface area contributed by atoms with Crippen molar-refractivity contribution in [3.63, 3.8) is 0 Å². The summed E-state index contributed by atoms with van der Waals surface area (Å²) in [6.07, 6.45) is 1.55. The van der Waals surface area contributed by atoms with Gasteiger partial charge >= 0.3 is 0 Å². The normalized spacial score (nSPS) is 12.8. The lowest BCUT2D eigenvalue weighted by atomic mass is 10.1. The van der Waals surface area contributed by atoms with Crippen LogP contribution in [0.3, 0.4) is 0 Å². The van der Waals surface area contributed by atoms with Gasteiger partial charge in [0.1, 0.15) is 16.2 Å². The van der Waals surface area contributed by atoms with E-state index in [4.69, 9.17) is 0 Å². The van der Waals surface area contributed by atoms with Crippen molar-refractivity contribution < 1.29 is 4.79 Å². The molecule has 0 unspecified atom stereocenters. The molecule has 2 aromatic rings. The fourth-order valence-corrected chi connectivity index (χ4v) is 3.07. The van der Waals surface area contributed by atoms with Gasteiger partial charge in [0.15, 0.2) is 0 Å². The molecule has 0 radical (unpaired) electrons. The van der Waals surface area contributed by atoms with Gasteiger partial charge in [-0.15, -0.1) is 11.3 Å². The van der Waals surface area contributed by atoms with Crippen molar-refractivity contribution in [2.24, 2.45) is 5.92 Å². The van der Waals surface area contributed by atoms with Crippen LogP contribution in [0.15, 0.2) is 22.8 Å². The molecule has 102 valence electrons. The van der Waals surface area contributed by atoms with Crippen molar-refractivity contribution >= 4 is 39.2 Å². The first-order chi connectivity index (χ1) is 9.08. The van der Waals surface area contributed by atoms with E-state index in [0.717, 1.165) is 15.2 Å². The number of aromatic nitrogens is 2. The molecule has 1 atom stereocenters. The van der Waals surface area contributed by atoms with Crippen molar-refractivity contribution in [3.05, 3.63) is 17.8 Å².